The van der Waals surface area contributed by atoms with E-state index in [-0.39, 0.29) is 43.4 Å². The monoisotopic (exact) mass is 583 g/mol. The van der Waals surface area contributed by atoms with E-state index >= 15 is 0 Å². The molecule has 2 aliphatic rings. The molecule has 3 aromatic rings. The van der Waals surface area contributed by atoms with E-state index in [9.17, 15) is 18.4 Å². The Morgan fingerprint density at radius 1 is 1.02 bits per heavy atom. The molecule has 1 saturated carbocycles. The Labute approximate surface area is 243 Å². The summed E-state index contributed by atoms with van der Waals surface area (Å²) in [6.45, 7) is 5.13. The second-order valence-corrected chi connectivity index (χ2v) is 10.7. The Hall–Kier alpha value is -3.69. The lowest BCUT2D eigenvalue weighted by Crippen LogP contribution is -2.61. The van der Waals surface area contributed by atoms with Crippen LogP contribution < -0.4 is 19.7 Å². The Morgan fingerprint density at radius 2 is 1.73 bits per heavy atom. The summed E-state index contributed by atoms with van der Waals surface area (Å²) in [7, 11) is 0. The van der Waals surface area contributed by atoms with Crippen molar-refractivity contribution in [2.45, 2.75) is 45.3 Å². The van der Waals surface area contributed by atoms with E-state index in [2.05, 4.69) is 31.3 Å². The number of nitrogens with one attached hydrogen (secondary N) is 1. The smallest absolute Gasteiger partial charge is 0.247 e. The van der Waals surface area contributed by atoms with Crippen LogP contribution in [-0.2, 0) is 16.1 Å². The van der Waals surface area contributed by atoms with Crippen molar-refractivity contribution >= 4 is 29.1 Å². The molecule has 1 heterocycles. The van der Waals surface area contributed by atoms with Crippen molar-refractivity contribution in [1.82, 2.24) is 10.2 Å². The highest BCUT2D eigenvalue weighted by atomic mass is 35.5. The predicted molar refractivity (Wildman–Crippen MR) is 152 cm³/mol. The molecular formula is C31H32ClF2N3O4. The molecule has 0 radical (unpaired) electrons. The van der Waals surface area contributed by atoms with Crippen LogP contribution in [0.4, 0.5) is 14.5 Å². The maximum atomic E-state index is 13.9. The van der Waals surface area contributed by atoms with Gasteiger partial charge in [0.15, 0.2) is 11.6 Å². The third-order valence-electron chi connectivity index (χ3n) is 7.52. The van der Waals surface area contributed by atoms with Crippen molar-refractivity contribution < 1.29 is 27.8 Å². The molecule has 5 rings (SSSR count). The zero-order valence-electron chi connectivity index (χ0n) is 23.0. The van der Waals surface area contributed by atoms with Gasteiger partial charge in [-0.05, 0) is 79.8 Å². The molecule has 1 N–H and O–H groups in total. The fourth-order valence-corrected chi connectivity index (χ4v) is 5.17. The molecular weight excluding hydrogens is 552 g/mol. The molecule has 1 aliphatic carbocycles. The van der Waals surface area contributed by atoms with Gasteiger partial charge in [-0.1, -0.05) is 29.8 Å². The van der Waals surface area contributed by atoms with E-state index in [0.717, 1.165) is 30.5 Å². The number of halogens is 3. The Morgan fingerprint density at radius 3 is 2.46 bits per heavy atom. The molecule has 1 saturated heterocycles. The van der Waals surface area contributed by atoms with E-state index in [1.807, 2.05) is 11.0 Å². The van der Waals surface area contributed by atoms with Gasteiger partial charge in [0.2, 0.25) is 11.8 Å². The van der Waals surface area contributed by atoms with Crippen LogP contribution in [0.3, 0.4) is 0 Å². The van der Waals surface area contributed by atoms with Gasteiger partial charge in [0.1, 0.15) is 35.8 Å². The van der Waals surface area contributed by atoms with E-state index in [0.29, 0.717) is 24.5 Å². The number of piperazine rings is 1. The van der Waals surface area contributed by atoms with Gasteiger partial charge in [0.25, 0.3) is 0 Å². The average molecular weight is 584 g/mol. The second kappa shape index (κ2) is 12.4. The molecule has 0 unspecified atom stereocenters. The first-order chi connectivity index (χ1) is 19.7. The summed E-state index contributed by atoms with van der Waals surface area (Å²) in [6, 6.07) is 14.3. The highest BCUT2D eigenvalue weighted by molar-refractivity contribution is 6.32. The van der Waals surface area contributed by atoms with Crippen LogP contribution in [0.2, 0.25) is 5.02 Å². The summed E-state index contributed by atoms with van der Waals surface area (Å²) in [5.74, 6) is -1.67. The predicted octanol–water partition coefficient (Wildman–Crippen LogP) is 5.19. The number of carbonyl (C=O) groups is 2. The van der Waals surface area contributed by atoms with Gasteiger partial charge in [0.05, 0.1) is 6.54 Å². The Kier molecular flexibility index (Phi) is 8.75. The lowest BCUT2D eigenvalue weighted by molar-refractivity contribution is -0.136. The average Bonchev–Trinajstić information content (AvgIpc) is 3.81. The maximum Gasteiger partial charge on any atom is 0.247 e. The van der Waals surface area contributed by atoms with E-state index in [4.69, 9.17) is 21.1 Å². The van der Waals surface area contributed by atoms with Crippen LogP contribution in [0, 0.1) is 25.5 Å². The maximum absolute atomic E-state index is 13.9. The van der Waals surface area contributed by atoms with Gasteiger partial charge in [-0.15, -0.1) is 0 Å². The minimum atomic E-state index is -0.774. The fourth-order valence-electron chi connectivity index (χ4n) is 4.97. The highest BCUT2D eigenvalue weighted by Crippen LogP contribution is 2.33. The molecule has 0 spiro atoms. The minimum absolute atomic E-state index is 0.0496. The van der Waals surface area contributed by atoms with Gasteiger partial charge in [0, 0.05) is 24.8 Å². The van der Waals surface area contributed by atoms with Crippen molar-refractivity contribution in [3.05, 3.63) is 87.9 Å². The van der Waals surface area contributed by atoms with Crippen molar-refractivity contribution in [2.24, 2.45) is 0 Å². The van der Waals surface area contributed by atoms with Crippen molar-refractivity contribution in [3.8, 4) is 11.5 Å². The third kappa shape index (κ3) is 6.47. The zero-order valence-corrected chi connectivity index (χ0v) is 23.7. The van der Waals surface area contributed by atoms with E-state index in [1.54, 1.807) is 29.2 Å². The number of amides is 2. The minimum Gasteiger partial charge on any atom is -0.490 e. The molecule has 7 nitrogen and oxygen atoms in total. The number of ether oxygens (including phenoxy) is 2. The van der Waals surface area contributed by atoms with Crippen LogP contribution in [0.5, 0.6) is 11.5 Å². The van der Waals surface area contributed by atoms with Crippen molar-refractivity contribution in [1.29, 1.82) is 0 Å². The Balaban J connectivity index is 1.25. The summed E-state index contributed by atoms with van der Waals surface area (Å²) in [6.07, 6.45) is 1.91. The number of nitrogens with zero attached hydrogens (tertiary/aromatic N) is 2. The third-order valence-corrected chi connectivity index (χ3v) is 7.88. The second-order valence-electron chi connectivity index (χ2n) is 10.3. The standard InChI is InChI=1S/C31H32ClF2N3O4/c1-19-4-3-5-21(20(19)2)18-36(22-6-7-22)31(39)27-16-35-17-28(38)37(27)23-8-10-24(11-9-23)40-14-15-41-30-26(34)13-12-25(33)29(30)32/h3-5,8-13,22,27,35H,6-7,14-18H2,1-2H3/t27-/m1/s1. The van der Waals surface area contributed by atoms with Crippen molar-refractivity contribution in [2.75, 3.05) is 31.2 Å². The molecule has 10 heteroatoms. The molecule has 1 atom stereocenters. The van der Waals surface area contributed by atoms with Gasteiger partial charge in [-0.3, -0.25) is 14.5 Å². The lowest BCUT2D eigenvalue weighted by Gasteiger charge is -2.38. The van der Waals surface area contributed by atoms with Gasteiger partial charge in [-0.25, -0.2) is 8.78 Å². The van der Waals surface area contributed by atoms with Crippen LogP contribution in [-0.4, -0.2) is 55.1 Å². The summed E-state index contributed by atoms with van der Waals surface area (Å²) in [4.78, 5) is 30.5. The first-order valence-electron chi connectivity index (χ1n) is 13.6. The lowest BCUT2D eigenvalue weighted by atomic mass is 10.0. The first-order valence-corrected chi connectivity index (χ1v) is 14.0. The van der Waals surface area contributed by atoms with Crippen LogP contribution in [0.1, 0.15) is 29.5 Å². The molecule has 41 heavy (non-hydrogen) atoms. The highest BCUT2D eigenvalue weighted by Gasteiger charge is 2.41. The van der Waals surface area contributed by atoms with Gasteiger partial charge in [-0.2, -0.15) is 0 Å². The van der Waals surface area contributed by atoms with E-state index < -0.39 is 22.7 Å². The number of carbonyl (C=O) groups excluding carboxylic acids is 2. The van der Waals surface area contributed by atoms with Crippen LogP contribution in [0.25, 0.3) is 0 Å². The number of benzene rings is 3. The number of anilines is 1. The van der Waals surface area contributed by atoms with Crippen LogP contribution >= 0.6 is 11.6 Å². The topological polar surface area (TPSA) is 71.1 Å². The summed E-state index contributed by atoms with van der Waals surface area (Å²) in [5.41, 5.74) is 4.06. The number of aryl methyl sites for hydroxylation is 1. The molecule has 3 aromatic carbocycles. The summed E-state index contributed by atoms with van der Waals surface area (Å²) in [5, 5.41) is 2.67. The molecule has 2 fully saturated rings. The SMILES string of the molecule is Cc1cccc(CN(C(=O)[C@H]2CNCC(=O)N2c2ccc(OCCOc3c(F)ccc(F)c3Cl)cc2)C2CC2)c1C. The molecule has 0 aromatic heterocycles. The summed E-state index contributed by atoms with van der Waals surface area (Å²) < 4.78 is 38.4. The number of rotatable bonds is 10. The quantitative estimate of drug-likeness (QED) is 0.263. The normalized spacial score (nSPS) is 17.0. The molecule has 0 bridgehead atoms. The zero-order chi connectivity index (χ0) is 29.1. The summed E-state index contributed by atoms with van der Waals surface area (Å²) >= 11 is 5.78. The number of hydrogen-bond donors (Lipinski definition) is 1. The Bertz CT molecular complexity index is 1430. The van der Waals surface area contributed by atoms with Gasteiger partial charge >= 0.3 is 0 Å². The van der Waals surface area contributed by atoms with E-state index in [1.165, 1.54) is 11.1 Å². The fraction of sp³-hybridized carbons (Fsp3) is 0.355. The molecule has 2 amide bonds. The van der Waals surface area contributed by atoms with Gasteiger partial charge < -0.3 is 19.7 Å². The number of hydrogen-bond acceptors (Lipinski definition) is 5. The van der Waals surface area contributed by atoms with Crippen LogP contribution in [0.15, 0.2) is 54.6 Å². The largest absolute Gasteiger partial charge is 0.490 e. The molecule has 1 aliphatic heterocycles. The molecule has 216 valence electrons. The first kappa shape index (κ1) is 28.8. The van der Waals surface area contributed by atoms with Crippen molar-refractivity contribution in [3.63, 3.8) is 0 Å².